The molecule has 2 aromatic carbocycles. The van der Waals surface area contributed by atoms with Gasteiger partial charge in [-0.25, -0.2) is 0 Å². The van der Waals surface area contributed by atoms with Crippen molar-refractivity contribution in [3.05, 3.63) is 52.5 Å². The minimum Gasteiger partial charge on any atom is -0.497 e. The lowest BCUT2D eigenvalue weighted by Crippen LogP contribution is -1.92. The molecule has 128 valence electrons. The predicted octanol–water partition coefficient (Wildman–Crippen LogP) is 4.45. The van der Waals surface area contributed by atoms with Gasteiger partial charge in [-0.1, -0.05) is 15.9 Å². The maximum atomic E-state index is 12.3. The van der Waals surface area contributed by atoms with Crippen LogP contribution >= 0.6 is 27.7 Å². The average molecular weight is 421 g/mol. The third-order valence-corrected chi connectivity index (χ3v) is 4.59. The molecule has 6 nitrogen and oxygen atoms in total. The number of rotatable bonds is 5. The van der Waals surface area contributed by atoms with Gasteiger partial charge < -0.3 is 13.9 Å². The summed E-state index contributed by atoms with van der Waals surface area (Å²) in [6.07, 6.45) is 0. The van der Waals surface area contributed by atoms with Gasteiger partial charge in [-0.3, -0.25) is 4.79 Å². The number of hydrogen-bond donors (Lipinski definition) is 0. The third-order valence-electron chi connectivity index (χ3n) is 3.31. The number of nitrogens with zero attached hydrogens (tertiary/aromatic N) is 2. The fourth-order valence-corrected chi connectivity index (χ4v) is 2.94. The first-order valence-corrected chi connectivity index (χ1v) is 8.75. The molecule has 0 saturated carbocycles. The molecule has 3 rings (SSSR count). The number of hydrogen-bond acceptors (Lipinski definition) is 7. The second-order valence-electron chi connectivity index (χ2n) is 4.84. The second kappa shape index (κ2) is 7.71. The molecule has 0 atom stereocenters. The van der Waals surface area contributed by atoms with Gasteiger partial charge in [-0.05, 0) is 36.4 Å². The van der Waals surface area contributed by atoms with Crippen molar-refractivity contribution in [1.82, 2.24) is 10.2 Å². The summed E-state index contributed by atoms with van der Waals surface area (Å²) in [5.74, 6) is 1.46. The highest BCUT2D eigenvalue weighted by atomic mass is 79.9. The molecule has 0 spiro atoms. The van der Waals surface area contributed by atoms with E-state index in [1.165, 1.54) is 0 Å². The van der Waals surface area contributed by atoms with Crippen LogP contribution in [-0.2, 0) is 0 Å². The van der Waals surface area contributed by atoms with Crippen LogP contribution in [0.15, 0.2) is 56.6 Å². The Hall–Kier alpha value is -2.32. The first-order chi connectivity index (χ1) is 12.1. The molecular weight excluding hydrogens is 408 g/mol. The molecule has 0 aliphatic heterocycles. The van der Waals surface area contributed by atoms with Gasteiger partial charge in [0, 0.05) is 27.9 Å². The minimum atomic E-state index is -0.176. The van der Waals surface area contributed by atoms with Gasteiger partial charge in [0.1, 0.15) is 11.5 Å². The number of ether oxygens (including phenoxy) is 2. The number of methoxy groups -OCH3 is 2. The van der Waals surface area contributed by atoms with Crippen molar-refractivity contribution in [3.8, 4) is 23.0 Å². The molecule has 0 aliphatic carbocycles. The Morgan fingerprint density at radius 3 is 2.52 bits per heavy atom. The van der Waals surface area contributed by atoms with E-state index in [0.29, 0.717) is 22.6 Å². The number of halogens is 1. The maximum absolute atomic E-state index is 12.3. The van der Waals surface area contributed by atoms with Crippen molar-refractivity contribution in [2.45, 2.75) is 5.22 Å². The van der Waals surface area contributed by atoms with Crippen LogP contribution in [0.1, 0.15) is 10.4 Å². The van der Waals surface area contributed by atoms with E-state index in [1.54, 1.807) is 56.7 Å². The first-order valence-electron chi connectivity index (χ1n) is 7.14. The van der Waals surface area contributed by atoms with Crippen molar-refractivity contribution >= 4 is 32.8 Å². The summed E-state index contributed by atoms with van der Waals surface area (Å²) in [6.45, 7) is 0. The summed E-state index contributed by atoms with van der Waals surface area (Å²) >= 11 is 4.21. The van der Waals surface area contributed by atoms with E-state index in [-0.39, 0.29) is 16.2 Å². The fraction of sp³-hybridized carbons (Fsp3) is 0.118. The van der Waals surface area contributed by atoms with Crippen LogP contribution in [0.5, 0.6) is 11.5 Å². The zero-order chi connectivity index (χ0) is 17.8. The predicted molar refractivity (Wildman–Crippen MR) is 97.2 cm³/mol. The van der Waals surface area contributed by atoms with Crippen LogP contribution in [0.2, 0.25) is 0 Å². The van der Waals surface area contributed by atoms with E-state index in [4.69, 9.17) is 13.9 Å². The molecular formula is C17H13BrN2O4S. The lowest BCUT2D eigenvalue weighted by Gasteiger charge is -2.07. The van der Waals surface area contributed by atoms with Crippen LogP contribution in [0, 0.1) is 0 Å². The number of carbonyl (C=O) groups excluding carboxylic acids is 1. The molecule has 0 N–H and O–H groups in total. The van der Waals surface area contributed by atoms with E-state index in [0.717, 1.165) is 16.2 Å². The summed E-state index contributed by atoms with van der Waals surface area (Å²) in [5, 5.41) is 7.91. The SMILES string of the molecule is COc1ccc(-c2nnc(SC(=O)c3ccc(Br)cc3)o2)c(OC)c1. The Morgan fingerprint density at radius 2 is 1.84 bits per heavy atom. The van der Waals surface area contributed by atoms with Gasteiger partial charge in [0.2, 0.25) is 5.12 Å². The van der Waals surface area contributed by atoms with Crippen molar-refractivity contribution in [1.29, 1.82) is 0 Å². The molecule has 25 heavy (non-hydrogen) atoms. The summed E-state index contributed by atoms with van der Waals surface area (Å²) in [6, 6.07) is 12.3. The van der Waals surface area contributed by atoms with Crippen molar-refractivity contribution in [2.24, 2.45) is 0 Å². The van der Waals surface area contributed by atoms with Crippen molar-refractivity contribution < 1.29 is 18.7 Å². The van der Waals surface area contributed by atoms with Gasteiger partial charge in [0.15, 0.2) is 0 Å². The zero-order valence-electron chi connectivity index (χ0n) is 13.4. The van der Waals surface area contributed by atoms with Crippen LogP contribution in [0.4, 0.5) is 0 Å². The lowest BCUT2D eigenvalue weighted by molar-refractivity contribution is 0.108. The van der Waals surface area contributed by atoms with E-state index in [1.807, 2.05) is 0 Å². The highest BCUT2D eigenvalue weighted by Gasteiger charge is 2.17. The van der Waals surface area contributed by atoms with Crippen LogP contribution in [0.3, 0.4) is 0 Å². The van der Waals surface area contributed by atoms with Gasteiger partial charge in [0.25, 0.3) is 11.1 Å². The van der Waals surface area contributed by atoms with Gasteiger partial charge in [-0.15, -0.1) is 10.2 Å². The molecule has 0 fully saturated rings. The molecule has 8 heteroatoms. The van der Waals surface area contributed by atoms with E-state index in [9.17, 15) is 4.79 Å². The highest BCUT2D eigenvalue weighted by molar-refractivity contribution is 9.10. The van der Waals surface area contributed by atoms with Crippen LogP contribution in [0.25, 0.3) is 11.5 Å². The van der Waals surface area contributed by atoms with Crippen LogP contribution < -0.4 is 9.47 Å². The monoisotopic (exact) mass is 420 g/mol. The Morgan fingerprint density at radius 1 is 1.08 bits per heavy atom. The normalized spacial score (nSPS) is 10.5. The largest absolute Gasteiger partial charge is 0.497 e. The maximum Gasteiger partial charge on any atom is 0.284 e. The molecule has 1 heterocycles. The summed E-state index contributed by atoms with van der Waals surface area (Å²) in [7, 11) is 3.12. The molecule has 0 unspecified atom stereocenters. The first kappa shape index (κ1) is 17.5. The number of carbonyl (C=O) groups is 1. The molecule has 0 radical (unpaired) electrons. The number of benzene rings is 2. The summed E-state index contributed by atoms with van der Waals surface area (Å²) in [5.41, 5.74) is 1.17. The average Bonchev–Trinajstić information content (AvgIpc) is 3.09. The fourth-order valence-electron chi connectivity index (χ4n) is 2.06. The van der Waals surface area contributed by atoms with Crippen LogP contribution in [-0.4, -0.2) is 29.5 Å². The Labute approximate surface area is 156 Å². The second-order valence-corrected chi connectivity index (χ2v) is 6.68. The van der Waals surface area contributed by atoms with Gasteiger partial charge in [-0.2, -0.15) is 0 Å². The molecule has 0 amide bonds. The van der Waals surface area contributed by atoms with Crippen molar-refractivity contribution in [2.75, 3.05) is 14.2 Å². The summed E-state index contributed by atoms with van der Waals surface area (Å²) in [4.78, 5) is 12.3. The highest BCUT2D eigenvalue weighted by Crippen LogP contribution is 2.34. The minimum absolute atomic E-state index is 0.167. The van der Waals surface area contributed by atoms with E-state index < -0.39 is 0 Å². The third kappa shape index (κ3) is 4.02. The quantitative estimate of drug-likeness (QED) is 0.564. The summed E-state index contributed by atoms with van der Waals surface area (Å²) < 4.78 is 17.0. The molecule has 0 aliphatic rings. The Kier molecular flexibility index (Phi) is 5.40. The van der Waals surface area contributed by atoms with Crippen molar-refractivity contribution in [3.63, 3.8) is 0 Å². The smallest absolute Gasteiger partial charge is 0.284 e. The number of thioether (sulfide) groups is 1. The van der Waals surface area contributed by atoms with E-state index >= 15 is 0 Å². The zero-order valence-corrected chi connectivity index (χ0v) is 15.8. The Bertz CT molecular complexity index is 896. The number of aromatic nitrogens is 2. The standard InChI is InChI=1S/C17H13BrN2O4S/c1-22-12-7-8-13(14(9-12)23-2)15-19-20-17(24-15)25-16(21)10-3-5-11(18)6-4-10/h3-9H,1-2H3. The van der Waals surface area contributed by atoms with Gasteiger partial charge >= 0.3 is 0 Å². The molecule has 0 bridgehead atoms. The van der Waals surface area contributed by atoms with E-state index in [2.05, 4.69) is 26.1 Å². The molecule has 0 saturated heterocycles. The topological polar surface area (TPSA) is 74.5 Å². The Balaban J connectivity index is 1.81. The molecule has 3 aromatic rings. The lowest BCUT2D eigenvalue weighted by atomic mass is 10.2. The van der Waals surface area contributed by atoms with Gasteiger partial charge in [0.05, 0.1) is 19.8 Å². The molecule has 1 aromatic heterocycles.